The molecule has 0 unspecified atom stereocenters. The van der Waals surface area contributed by atoms with E-state index in [9.17, 15) is 0 Å². The zero-order valence-electron chi connectivity index (χ0n) is 11.9. The van der Waals surface area contributed by atoms with Crippen LogP contribution in [0.3, 0.4) is 0 Å². The van der Waals surface area contributed by atoms with E-state index in [1.165, 1.54) is 24.1 Å². The van der Waals surface area contributed by atoms with Gasteiger partial charge in [0.05, 0.1) is 22.1 Å². The zero-order valence-corrected chi connectivity index (χ0v) is 13.5. The summed E-state index contributed by atoms with van der Waals surface area (Å²) in [5.74, 6) is 0.662. The van der Waals surface area contributed by atoms with E-state index >= 15 is 0 Å². The second-order valence-corrected chi connectivity index (χ2v) is 7.25. The molecule has 1 saturated carbocycles. The number of rotatable bonds is 4. The quantitative estimate of drug-likeness (QED) is 0.924. The van der Waals surface area contributed by atoms with E-state index in [1.54, 1.807) is 0 Å². The Morgan fingerprint density at radius 3 is 2.50 bits per heavy atom. The van der Waals surface area contributed by atoms with Crippen molar-refractivity contribution in [3.05, 3.63) is 46.2 Å². The number of nitrogens with two attached hydrogens (primary N) is 1. The predicted octanol–water partition coefficient (Wildman–Crippen LogP) is 3.79. The molecule has 1 aromatic heterocycles. The zero-order chi connectivity index (χ0) is 14.3. The highest BCUT2D eigenvalue weighted by Crippen LogP contribution is 2.43. The molecular formula is C16H20BrN3. The smallest absolute Gasteiger partial charge is 0.0649 e. The molecule has 0 saturated heterocycles. The van der Waals surface area contributed by atoms with Gasteiger partial charge in [-0.1, -0.05) is 12.1 Å². The highest BCUT2D eigenvalue weighted by atomic mass is 79.9. The maximum atomic E-state index is 6.07. The molecule has 3 nitrogen and oxygen atoms in total. The second-order valence-electron chi connectivity index (χ2n) is 6.40. The molecule has 0 radical (unpaired) electrons. The summed E-state index contributed by atoms with van der Waals surface area (Å²) >= 11 is 3.61. The largest absolute Gasteiger partial charge is 0.325 e. The molecule has 20 heavy (non-hydrogen) atoms. The van der Waals surface area contributed by atoms with Gasteiger partial charge < -0.3 is 5.73 Å². The highest BCUT2D eigenvalue weighted by Gasteiger charge is 2.30. The predicted molar refractivity (Wildman–Crippen MR) is 85.2 cm³/mol. The minimum absolute atomic E-state index is 0.171. The maximum Gasteiger partial charge on any atom is 0.0649 e. The van der Waals surface area contributed by atoms with Gasteiger partial charge in [-0.25, -0.2) is 4.68 Å². The lowest BCUT2D eigenvalue weighted by Crippen LogP contribution is -2.34. The second kappa shape index (κ2) is 5.01. The van der Waals surface area contributed by atoms with Gasteiger partial charge in [0.1, 0.15) is 0 Å². The molecule has 4 heteroatoms. The average molecular weight is 334 g/mol. The number of nitrogens with zero attached hydrogens (tertiary/aromatic N) is 2. The van der Waals surface area contributed by atoms with Crippen LogP contribution in [0.15, 0.2) is 34.9 Å². The molecule has 0 spiro atoms. The van der Waals surface area contributed by atoms with Gasteiger partial charge in [0.2, 0.25) is 0 Å². The summed E-state index contributed by atoms with van der Waals surface area (Å²) in [5.41, 5.74) is 9.59. The van der Waals surface area contributed by atoms with Crippen molar-refractivity contribution >= 4 is 15.9 Å². The van der Waals surface area contributed by atoms with Gasteiger partial charge in [0.25, 0.3) is 0 Å². The van der Waals surface area contributed by atoms with Gasteiger partial charge in [0.15, 0.2) is 0 Å². The molecule has 0 aliphatic heterocycles. The van der Waals surface area contributed by atoms with Gasteiger partial charge in [-0.15, -0.1) is 0 Å². The maximum absolute atomic E-state index is 6.07. The van der Waals surface area contributed by atoms with Crippen molar-refractivity contribution in [2.45, 2.75) is 44.6 Å². The third-order valence-electron chi connectivity index (χ3n) is 3.56. The fraction of sp³-hybridized carbons (Fsp3) is 0.438. The molecular weight excluding hydrogens is 314 g/mol. The molecule has 1 aliphatic rings. The van der Waals surface area contributed by atoms with E-state index < -0.39 is 0 Å². The summed E-state index contributed by atoms with van der Waals surface area (Å²) in [6.07, 6.45) is 5.31. The number of halogens is 1. The lowest BCUT2D eigenvalue weighted by Gasteiger charge is -2.18. The van der Waals surface area contributed by atoms with Crippen molar-refractivity contribution in [2.24, 2.45) is 5.73 Å². The van der Waals surface area contributed by atoms with Crippen molar-refractivity contribution in [1.82, 2.24) is 9.78 Å². The third kappa shape index (κ3) is 2.96. The van der Waals surface area contributed by atoms with Gasteiger partial charge >= 0.3 is 0 Å². The molecule has 3 rings (SSSR count). The molecule has 2 aromatic rings. The van der Waals surface area contributed by atoms with E-state index in [4.69, 9.17) is 5.73 Å². The van der Waals surface area contributed by atoms with E-state index in [0.29, 0.717) is 5.92 Å². The minimum atomic E-state index is -0.171. The molecule has 1 aliphatic carbocycles. The normalized spacial score (nSPS) is 15.6. The van der Waals surface area contributed by atoms with Crippen molar-refractivity contribution < 1.29 is 0 Å². The van der Waals surface area contributed by atoms with Crippen LogP contribution >= 0.6 is 15.9 Å². The van der Waals surface area contributed by atoms with Crippen LogP contribution in [0.2, 0.25) is 0 Å². The van der Waals surface area contributed by atoms with Gasteiger partial charge in [-0.05, 0) is 66.7 Å². The van der Waals surface area contributed by atoms with Crippen LogP contribution in [-0.4, -0.2) is 15.3 Å². The lowest BCUT2D eigenvalue weighted by atomic mass is 9.96. The Morgan fingerprint density at radius 1 is 1.30 bits per heavy atom. The Hall–Kier alpha value is -1.13. The molecule has 0 amide bonds. The molecule has 0 atom stereocenters. The summed E-state index contributed by atoms with van der Waals surface area (Å²) in [5, 5.41) is 4.50. The minimum Gasteiger partial charge on any atom is -0.325 e. The summed E-state index contributed by atoms with van der Waals surface area (Å²) in [6, 6.07) is 8.56. The summed E-state index contributed by atoms with van der Waals surface area (Å²) < 4.78 is 3.17. The molecule has 1 aromatic carbocycles. The third-order valence-corrected chi connectivity index (χ3v) is 4.18. The van der Waals surface area contributed by atoms with E-state index in [2.05, 4.69) is 63.8 Å². The van der Waals surface area contributed by atoms with E-state index in [-0.39, 0.29) is 5.54 Å². The monoisotopic (exact) mass is 333 g/mol. The number of benzene rings is 1. The average Bonchev–Trinajstić information content (AvgIpc) is 3.12. The molecule has 0 bridgehead atoms. The van der Waals surface area contributed by atoms with Crippen molar-refractivity contribution in [2.75, 3.05) is 0 Å². The van der Waals surface area contributed by atoms with Crippen LogP contribution in [0.25, 0.3) is 5.69 Å². The fourth-order valence-corrected chi connectivity index (χ4v) is 3.13. The first-order valence-electron chi connectivity index (χ1n) is 7.06. The van der Waals surface area contributed by atoms with Crippen LogP contribution in [0.4, 0.5) is 0 Å². The van der Waals surface area contributed by atoms with Crippen LogP contribution in [0.5, 0.6) is 0 Å². The SMILES string of the molecule is CC(C)(N)Cc1ccc(-n2ncc(Br)c2C2CC2)cc1. The molecule has 1 fully saturated rings. The first-order chi connectivity index (χ1) is 9.44. The van der Waals surface area contributed by atoms with Crippen LogP contribution in [-0.2, 0) is 6.42 Å². The Morgan fingerprint density at radius 2 is 1.95 bits per heavy atom. The Bertz CT molecular complexity index is 604. The summed E-state index contributed by atoms with van der Waals surface area (Å²) in [7, 11) is 0. The van der Waals surface area contributed by atoms with Gasteiger partial charge in [0, 0.05) is 11.5 Å². The van der Waals surface area contributed by atoms with Crippen molar-refractivity contribution in [3.63, 3.8) is 0 Å². The fourth-order valence-electron chi connectivity index (χ4n) is 2.55. The Balaban J connectivity index is 1.88. The first kappa shape index (κ1) is 13.8. The van der Waals surface area contributed by atoms with Crippen LogP contribution < -0.4 is 5.73 Å². The van der Waals surface area contributed by atoms with E-state index in [0.717, 1.165) is 16.6 Å². The standard InChI is InChI=1S/C16H20BrN3/c1-16(2,18)9-11-3-7-13(8-4-11)20-15(12-5-6-12)14(17)10-19-20/h3-4,7-8,10,12H,5-6,9,18H2,1-2H3. The molecule has 2 N–H and O–H groups in total. The summed E-state index contributed by atoms with van der Waals surface area (Å²) in [4.78, 5) is 0. The van der Waals surface area contributed by atoms with Crippen LogP contribution in [0, 0.1) is 0 Å². The number of hydrogen-bond acceptors (Lipinski definition) is 2. The van der Waals surface area contributed by atoms with Crippen LogP contribution in [0.1, 0.15) is 43.9 Å². The number of hydrogen-bond donors (Lipinski definition) is 1. The Kier molecular flexibility index (Phi) is 3.46. The van der Waals surface area contributed by atoms with Gasteiger partial charge in [-0.2, -0.15) is 5.10 Å². The van der Waals surface area contributed by atoms with E-state index in [1.807, 2.05) is 6.20 Å². The first-order valence-corrected chi connectivity index (χ1v) is 7.85. The lowest BCUT2D eigenvalue weighted by molar-refractivity contribution is 0.516. The molecule has 106 valence electrons. The Labute approximate surface area is 128 Å². The summed E-state index contributed by atoms with van der Waals surface area (Å²) in [6.45, 7) is 4.10. The molecule has 1 heterocycles. The number of aromatic nitrogens is 2. The van der Waals surface area contributed by atoms with Crippen molar-refractivity contribution in [3.8, 4) is 5.69 Å². The highest BCUT2D eigenvalue weighted by molar-refractivity contribution is 9.10. The topological polar surface area (TPSA) is 43.8 Å². The van der Waals surface area contributed by atoms with Crippen molar-refractivity contribution in [1.29, 1.82) is 0 Å². The van der Waals surface area contributed by atoms with Gasteiger partial charge in [-0.3, -0.25) is 0 Å².